The number of pyridine rings is 1. The number of hydrogen-bond donors (Lipinski definition) is 1. The van der Waals surface area contributed by atoms with Crippen molar-refractivity contribution in [3.05, 3.63) is 48.8 Å². The van der Waals surface area contributed by atoms with Crippen molar-refractivity contribution in [1.82, 2.24) is 19.7 Å². The minimum absolute atomic E-state index is 0.0501. The van der Waals surface area contributed by atoms with E-state index in [0.717, 1.165) is 16.5 Å². The summed E-state index contributed by atoms with van der Waals surface area (Å²) in [5.41, 5.74) is 0.932. The van der Waals surface area contributed by atoms with Gasteiger partial charge in [0.15, 0.2) is 11.0 Å². The number of primary sulfonamides is 1. The first-order chi connectivity index (χ1) is 14.0. The molecule has 3 rings (SSSR count). The van der Waals surface area contributed by atoms with E-state index in [2.05, 4.69) is 15.2 Å². The van der Waals surface area contributed by atoms with Gasteiger partial charge in [0.25, 0.3) is 0 Å². The molecule has 0 bridgehead atoms. The molecule has 2 aromatic heterocycles. The molecule has 2 N–H and O–H groups in total. The van der Waals surface area contributed by atoms with E-state index in [-0.39, 0.29) is 4.90 Å². The van der Waals surface area contributed by atoms with Gasteiger partial charge in [-0.25, -0.2) is 13.6 Å². The van der Waals surface area contributed by atoms with Crippen LogP contribution in [0.3, 0.4) is 0 Å². The summed E-state index contributed by atoms with van der Waals surface area (Å²) >= 11 is 1.52. The van der Waals surface area contributed by atoms with Crippen molar-refractivity contribution < 1.29 is 17.9 Å². The molecule has 0 spiro atoms. The Morgan fingerprint density at radius 2 is 1.79 bits per heavy atom. The molecule has 2 heterocycles. The Morgan fingerprint density at radius 1 is 1.07 bits per heavy atom. The molecular formula is C18H21N5O4S2. The number of sulfonamides is 1. The monoisotopic (exact) mass is 435 g/mol. The maximum absolute atomic E-state index is 11.3. The Labute approximate surface area is 173 Å². The van der Waals surface area contributed by atoms with E-state index in [9.17, 15) is 8.42 Å². The Morgan fingerprint density at radius 3 is 2.45 bits per heavy atom. The van der Waals surface area contributed by atoms with Gasteiger partial charge in [-0.2, -0.15) is 0 Å². The minimum Gasteiger partial charge on any atom is -0.493 e. The Kier molecular flexibility index (Phi) is 7.20. The van der Waals surface area contributed by atoms with E-state index >= 15 is 0 Å². The highest BCUT2D eigenvalue weighted by Gasteiger charge is 2.14. The van der Waals surface area contributed by atoms with Crippen LogP contribution in [0.4, 0.5) is 0 Å². The van der Waals surface area contributed by atoms with Gasteiger partial charge in [0.05, 0.1) is 24.7 Å². The predicted molar refractivity (Wildman–Crippen MR) is 109 cm³/mol. The first-order valence-electron chi connectivity index (χ1n) is 8.70. The molecule has 0 saturated carbocycles. The number of benzene rings is 1. The summed E-state index contributed by atoms with van der Waals surface area (Å²) in [5.74, 6) is 1.96. The largest absolute Gasteiger partial charge is 0.493 e. The summed E-state index contributed by atoms with van der Waals surface area (Å²) in [4.78, 5) is 4.08. The third kappa shape index (κ3) is 5.76. The van der Waals surface area contributed by atoms with Gasteiger partial charge in [-0.15, -0.1) is 10.2 Å². The molecule has 0 aliphatic rings. The molecule has 0 saturated heterocycles. The second-order valence-electron chi connectivity index (χ2n) is 5.90. The van der Waals surface area contributed by atoms with Crippen molar-refractivity contribution in [2.75, 3.05) is 26.1 Å². The minimum atomic E-state index is -3.71. The molecule has 29 heavy (non-hydrogen) atoms. The van der Waals surface area contributed by atoms with Crippen LogP contribution in [0, 0.1) is 0 Å². The van der Waals surface area contributed by atoms with Crippen LogP contribution < -0.4 is 9.88 Å². The molecule has 1 aromatic carbocycles. The zero-order chi connectivity index (χ0) is 20.7. The molecule has 0 fully saturated rings. The van der Waals surface area contributed by atoms with Gasteiger partial charge in [0, 0.05) is 30.8 Å². The fourth-order valence-corrected chi connectivity index (χ4v) is 3.81. The molecule has 0 aliphatic heterocycles. The smallest absolute Gasteiger partial charge is 0.238 e. The van der Waals surface area contributed by atoms with Gasteiger partial charge < -0.3 is 9.47 Å². The molecule has 3 aromatic rings. The van der Waals surface area contributed by atoms with Crippen LogP contribution in [0.1, 0.15) is 0 Å². The second kappa shape index (κ2) is 9.83. The van der Waals surface area contributed by atoms with Gasteiger partial charge in [0.2, 0.25) is 10.0 Å². The molecule has 0 unspecified atom stereocenters. The fourth-order valence-electron chi connectivity index (χ4n) is 2.51. The summed E-state index contributed by atoms with van der Waals surface area (Å²) in [6.07, 6.45) is 3.43. The molecule has 0 aliphatic carbocycles. The molecule has 0 radical (unpaired) electrons. The van der Waals surface area contributed by atoms with Gasteiger partial charge in [-0.3, -0.25) is 9.55 Å². The van der Waals surface area contributed by atoms with E-state index in [4.69, 9.17) is 14.6 Å². The lowest BCUT2D eigenvalue weighted by atomic mass is 10.2. The van der Waals surface area contributed by atoms with Crippen molar-refractivity contribution in [2.45, 2.75) is 16.6 Å². The average Bonchev–Trinajstić information content (AvgIpc) is 3.12. The van der Waals surface area contributed by atoms with E-state index < -0.39 is 10.0 Å². The first-order valence-corrected chi connectivity index (χ1v) is 11.2. The fraction of sp³-hybridized carbons (Fsp3) is 0.278. The van der Waals surface area contributed by atoms with Crippen LogP contribution in [0.5, 0.6) is 5.75 Å². The van der Waals surface area contributed by atoms with Gasteiger partial charge in [-0.05, 0) is 36.4 Å². The first kappa shape index (κ1) is 21.2. The lowest BCUT2D eigenvalue weighted by Crippen LogP contribution is -2.12. The number of methoxy groups -OCH3 is 1. The van der Waals surface area contributed by atoms with Crippen molar-refractivity contribution in [1.29, 1.82) is 0 Å². The summed E-state index contributed by atoms with van der Waals surface area (Å²) in [6.45, 7) is 1.58. The lowest BCUT2D eigenvalue weighted by Gasteiger charge is -2.10. The van der Waals surface area contributed by atoms with Crippen LogP contribution in [0.2, 0.25) is 0 Å². The van der Waals surface area contributed by atoms with Crippen molar-refractivity contribution in [3.8, 4) is 17.1 Å². The van der Waals surface area contributed by atoms with Crippen molar-refractivity contribution in [2.24, 2.45) is 5.14 Å². The number of rotatable bonds is 10. The quantitative estimate of drug-likeness (QED) is 0.378. The Bertz CT molecular complexity index is 1020. The van der Waals surface area contributed by atoms with E-state index in [1.807, 2.05) is 16.7 Å². The van der Waals surface area contributed by atoms with Crippen molar-refractivity contribution in [3.63, 3.8) is 0 Å². The molecule has 0 amide bonds. The molecule has 11 heteroatoms. The maximum atomic E-state index is 11.3. The SMILES string of the molecule is COCCn1c(SCCOc2ccc(S(N)(=O)=O)cc2)nnc1-c1ccncc1. The van der Waals surface area contributed by atoms with E-state index in [1.165, 1.54) is 23.9 Å². The number of thioether (sulfide) groups is 1. The lowest BCUT2D eigenvalue weighted by molar-refractivity contribution is 0.185. The van der Waals surface area contributed by atoms with Crippen LogP contribution in [0.25, 0.3) is 11.4 Å². The number of ether oxygens (including phenoxy) is 2. The topological polar surface area (TPSA) is 122 Å². The van der Waals surface area contributed by atoms with E-state index in [1.54, 1.807) is 31.6 Å². The maximum Gasteiger partial charge on any atom is 0.238 e. The number of nitrogens with zero attached hydrogens (tertiary/aromatic N) is 4. The number of hydrogen-bond acceptors (Lipinski definition) is 8. The summed E-state index contributed by atoms with van der Waals surface area (Å²) in [7, 11) is -2.05. The number of aromatic nitrogens is 4. The summed E-state index contributed by atoms with van der Waals surface area (Å²) in [5, 5.41) is 14.5. The summed E-state index contributed by atoms with van der Waals surface area (Å²) < 4.78 is 35.4. The standard InChI is InChI=1S/C18H21N5O4S2/c1-26-11-10-23-17(14-6-8-20-9-7-14)21-22-18(23)28-13-12-27-15-2-4-16(5-3-15)29(19,24)25/h2-9H,10-13H2,1H3,(H2,19,24,25). The summed E-state index contributed by atoms with van der Waals surface area (Å²) in [6, 6.07) is 9.76. The van der Waals surface area contributed by atoms with Crippen molar-refractivity contribution >= 4 is 21.8 Å². The number of nitrogens with two attached hydrogens (primary N) is 1. The van der Waals surface area contributed by atoms with Gasteiger partial charge >= 0.3 is 0 Å². The Balaban J connectivity index is 1.61. The molecular weight excluding hydrogens is 414 g/mol. The zero-order valence-corrected chi connectivity index (χ0v) is 17.4. The third-order valence-electron chi connectivity index (χ3n) is 3.91. The Hall–Kier alpha value is -2.47. The highest BCUT2D eigenvalue weighted by molar-refractivity contribution is 7.99. The van der Waals surface area contributed by atoms with Crippen LogP contribution >= 0.6 is 11.8 Å². The van der Waals surface area contributed by atoms with Gasteiger partial charge in [0.1, 0.15) is 5.75 Å². The van der Waals surface area contributed by atoms with Crippen LogP contribution in [-0.2, 0) is 21.3 Å². The predicted octanol–water partition coefficient (Wildman–Crippen LogP) is 1.80. The van der Waals surface area contributed by atoms with Crippen LogP contribution in [-0.4, -0.2) is 54.2 Å². The average molecular weight is 436 g/mol. The normalized spacial score (nSPS) is 11.5. The third-order valence-corrected chi connectivity index (χ3v) is 5.77. The second-order valence-corrected chi connectivity index (χ2v) is 8.52. The highest BCUT2D eigenvalue weighted by Crippen LogP contribution is 2.24. The van der Waals surface area contributed by atoms with Gasteiger partial charge in [-0.1, -0.05) is 11.8 Å². The molecule has 154 valence electrons. The zero-order valence-electron chi connectivity index (χ0n) is 15.8. The molecule has 9 nitrogen and oxygen atoms in total. The molecule has 0 atom stereocenters. The van der Waals surface area contributed by atoms with E-state index in [0.29, 0.717) is 31.3 Å². The van der Waals surface area contributed by atoms with Crippen LogP contribution in [0.15, 0.2) is 58.8 Å². The highest BCUT2D eigenvalue weighted by atomic mass is 32.2.